The van der Waals surface area contributed by atoms with Crippen LogP contribution in [0.4, 0.5) is 5.69 Å². The highest BCUT2D eigenvalue weighted by atomic mass is 16.3. The lowest BCUT2D eigenvalue weighted by atomic mass is 10.2. The standard InChI is InChI=1S/C15H12N2O3/c18-8-2-4-11-3-1-5-12(9-11)17-15(20)13-6-7-16-10-14(13)19/h1,3,5-7,9-10,18-19H,8H2,(H,17,20). The third-order valence-electron chi connectivity index (χ3n) is 2.48. The van der Waals surface area contributed by atoms with E-state index in [1.54, 1.807) is 24.3 Å². The van der Waals surface area contributed by atoms with Crippen LogP contribution in [0.1, 0.15) is 15.9 Å². The van der Waals surface area contributed by atoms with Crippen LogP contribution in [-0.2, 0) is 0 Å². The maximum Gasteiger partial charge on any atom is 0.259 e. The molecule has 0 saturated heterocycles. The Balaban J connectivity index is 2.18. The van der Waals surface area contributed by atoms with Gasteiger partial charge in [0, 0.05) is 17.4 Å². The molecule has 0 fully saturated rings. The Bertz CT molecular complexity index is 687. The molecule has 3 N–H and O–H groups in total. The number of nitrogens with zero attached hydrogens (tertiary/aromatic N) is 1. The van der Waals surface area contributed by atoms with E-state index >= 15 is 0 Å². The summed E-state index contributed by atoms with van der Waals surface area (Å²) >= 11 is 0. The topological polar surface area (TPSA) is 82.5 Å². The minimum Gasteiger partial charge on any atom is -0.505 e. The van der Waals surface area contributed by atoms with Gasteiger partial charge in [0.05, 0.1) is 11.8 Å². The summed E-state index contributed by atoms with van der Waals surface area (Å²) < 4.78 is 0. The Morgan fingerprint density at radius 2 is 2.20 bits per heavy atom. The molecule has 0 unspecified atom stereocenters. The summed E-state index contributed by atoms with van der Waals surface area (Å²) in [4.78, 5) is 15.7. The van der Waals surface area contributed by atoms with E-state index in [0.717, 1.165) is 0 Å². The van der Waals surface area contributed by atoms with Crippen molar-refractivity contribution in [2.75, 3.05) is 11.9 Å². The van der Waals surface area contributed by atoms with Gasteiger partial charge < -0.3 is 15.5 Å². The molecule has 0 radical (unpaired) electrons. The van der Waals surface area contributed by atoms with Crippen LogP contribution >= 0.6 is 0 Å². The number of hydrogen-bond donors (Lipinski definition) is 3. The Hall–Kier alpha value is -2.84. The number of carbonyl (C=O) groups is 1. The zero-order valence-electron chi connectivity index (χ0n) is 10.5. The van der Waals surface area contributed by atoms with Gasteiger partial charge in [0.1, 0.15) is 12.4 Å². The molecule has 0 spiro atoms. The van der Waals surface area contributed by atoms with E-state index in [9.17, 15) is 9.90 Å². The Morgan fingerprint density at radius 3 is 2.95 bits per heavy atom. The predicted molar refractivity (Wildman–Crippen MR) is 74.3 cm³/mol. The molecule has 0 bridgehead atoms. The van der Waals surface area contributed by atoms with E-state index in [2.05, 4.69) is 22.1 Å². The van der Waals surface area contributed by atoms with Crippen molar-refractivity contribution in [3.8, 4) is 17.6 Å². The SMILES string of the molecule is O=C(Nc1cccc(C#CCO)c1)c1ccncc1O. The van der Waals surface area contributed by atoms with Crippen LogP contribution in [0.15, 0.2) is 42.7 Å². The van der Waals surface area contributed by atoms with E-state index in [-0.39, 0.29) is 17.9 Å². The molecule has 1 aromatic carbocycles. The number of rotatable bonds is 2. The summed E-state index contributed by atoms with van der Waals surface area (Å²) in [6.07, 6.45) is 2.63. The van der Waals surface area contributed by atoms with Crippen LogP contribution in [-0.4, -0.2) is 27.7 Å². The fraction of sp³-hybridized carbons (Fsp3) is 0.0667. The van der Waals surface area contributed by atoms with E-state index in [0.29, 0.717) is 11.3 Å². The van der Waals surface area contributed by atoms with Crippen molar-refractivity contribution >= 4 is 11.6 Å². The van der Waals surface area contributed by atoms with E-state index in [1.165, 1.54) is 18.5 Å². The summed E-state index contributed by atoms with van der Waals surface area (Å²) in [6, 6.07) is 8.32. The first-order chi connectivity index (χ1) is 9.70. The minimum absolute atomic E-state index is 0.145. The molecule has 5 heteroatoms. The molecule has 5 nitrogen and oxygen atoms in total. The quantitative estimate of drug-likeness (QED) is 0.719. The first-order valence-electron chi connectivity index (χ1n) is 5.85. The first kappa shape index (κ1) is 13.6. The number of aromatic nitrogens is 1. The molecule has 0 aliphatic heterocycles. The van der Waals surface area contributed by atoms with Crippen LogP contribution in [0.3, 0.4) is 0 Å². The fourth-order valence-corrected chi connectivity index (χ4v) is 1.59. The van der Waals surface area contributed by atoms with Crippen molar-refractivity contribution in [2.24, 2.45) is 0 Å². The van der Waals surface area contributed by atoms with Gasteiger partial charge in [0.25, 0.3) is 5.91 Å². The molecule has 100 valence electrons. The molecule has 2 rings (SSSR count). The molecule has 0 atom stereocenters. The fourth-order valence-electron chi connectivity index (χ4n) is 1.59. The van der Waals surface area contributed by atoms with Gasteiger partial charge in [-0.05, 0) is 24.3 Å². The zero-order valence-corrected chi connectivity index (χ0v) is 10.5. The average molecular weight is 268 g/mol. The molecule has 0 aliphatic rings. The van der Waals surface area contributed by atoms with Crippen molar-refractivity contribution in [1.29, 1.82) is 0 Å². The molecule has 0 aliphatic carbocycles. The molecule has 2 aromatic rings. The Kier molecular flexibility index (Phi) is 4.32. The number of nitrogens with one attached hydrogen (secondary N) is 1. The normalized spacial score (nSPS) is 9.45. The number of benzene rings is 1. The minimum atomic E-state index is -0.433. The lowest BCUT2D eigenvalue weighted by molar-refractivity contribution is 0.102. The molecule has 0 saturated carbocycles. The second-order valence-corrected chi connectivity index (χ2v) is 3.89. The van der Waals surface area contributed by atoms with E-state index in [4.69, 9.17) is 5.11 Å². The van der Waals surface area contributed by atoms with Crippen LogP contribution in [0.25, 0.3) is 0 Å². The van der Waals surface area contributed by atoms with Gasteiger partial charge in [-0.2, -0.15) is 0 Å². The Labute approximate surface area is 115 Å². The van der Waals surface area contributed by atoms with Gasteiger partial charge >= 0.3 is 0 Å². The molecule has 20 heavy (non-hydrogen) atoms. The summed E-state index contributed by atoms with van der Waals surface area (Å²) in [5, 5.41) is 20.9. The third kappa shape index (κ3) is 3.34. The molecular weight excluding hydrogens is 256 g/mol. The summed E-state index contributed by atoms with van der Waals surface area (Å²) in [5.74, 6) is 4.67. The zero-order chi connectivity index (χ0) is 14.4. The smallest absolute Gasteiger partial charge is 0.259 e. The summed E-state index contributed by atoms with van der Waals surface area (Å²) in [6.45, 7) is -0.221. The maximum absolute atomic E-state index is 12.0. The van der Waals surface area contributed by atoms with Gasteiger partial charge in [-0.1, -0.05) is 17.9 Å². The van der Waals surface area contributed by atoms with Crippen molar-refractivity contribution < 1.29 is 15.0 Å². The molecule has 1 aromatic heterocycles. The monoisotopic (exact) mass is 268 g/mol. The lowest BCUT2D eigenvalue weighted by Gasteiger charge is -2.06. The third-order valence-corrected chi connectivity index (χ3v) is 2.48. The van der Waals surface area contributed by atoms with Crippen molar-refractivity contribution in [3.63, 3.8) is 0 Å². The molecule has 1 heterocycles. The maximum atomic E-state index is 12.0. The number of amides is 1. The van der Waals surface area contributed by atoms with E-state index < -0.39 is 5.91 Å². The number of pyridine rings is 1. The van der Waals surface area contributed by atoms with Crippen LogP contribution in [0.5, 0.6) is 5.75 Å². The Morgan fingerprint density at radius 1 is 1.35 bits per heavy atom. The van der Waals surface area contributed by atoms with Gasteiger partial charge in [0.15, 0.2) is 0 Å². The molecule has 1 amide bonds. The second-order valence-electron chi connectivity index (χ2n) is 3.89. The molecular formula is C15H12N2O3. The van der Waals surface area contributed by atoms with Crippen molar-refractivity contribution in [2.45, 2.75) is 0 Å². The largest absolute Gasteiger partial charge is 0.505 e. The lowest BCUT2D eigenvalue weighted by Crippen LogP contribution is -2.12. The van der Waals surface area contributed by atoms with Crippen molar-refractivity contribution in [1.82, 2.24) is 4.98 Å². The highest BCUT2D eigenvalue weighted by Gasteiger charge is 2.10. The summed E-state index contributed by atoms with van der Waals surface area (Å²) in [7, 11) is 0. The number of aromatic hydroxyl groups is 1. The van der Waals surface area contributed by atoms with E-state index in [1.807, 2.05) is 0 Å². The number of anilines is 1. The van der Waals surface area contributed by atoms with Gasteiger partial charge in [-0.15, -0.1) is 0 Å². The number of aliphatic hydroxyl groups excluding tert-OH is 1. The van der Waals surface area contributed by atoms with Gasteiger partial charge in [-0.25, -0.2) is 0 Å². The highest BCUT2D eigenvalue weighted by molar-refractivity contribution is 6.06. The van der Waals surface area contributed by atoms with Gasteiger partial charge in [-0.3, -0.25) is 9.78 Å². The predicted octanol–water partition coefficient (Wildman–Crippen LogP) is 1.38. The first-order valence-corrected chi connectivity index (χ1v) is 5.85. The summed E-state index contributed by atoms with van der Waals surface area (Å²) in [5.41, 5.74) is 1.37. The number of aliphatic hydroxyl groups is 1. The van der Waals surface area contributed by atoms with Crippen LogP contribution in [0.2, 0.25) is 0 Å². The van der Waals surface area contributed by atoms with Gasteiger partial charge in [0.2, 0.25) is 0 Å². The van der Waals surface area contributed by atoms with Crippen molar-refractivity contribution in [3.05, 3.63) is 53.9 Å². The average Bonchev–Trinajstić information content (AvgIpc) is 2.46. The second kappa shape index (κ2) is 6.36. The number of hydrogen-bond acceptors (Lipinski definition) is 4. The van der Waals surface area contributed by atoms with Crippen LogP contribution in [0, 0.1) is 11.8 Å². The number of carbonyl (C=O) groups excluding carboxylic acids is 1. The highest BCUT2D eigenvalue weighted by Crippen LogP contribution is 2.17. The van der Waals surface area contributed by atoms with Crippen LogP contribution < -0.4 is 5.32 Å².